The van der Waals surface area contributed by atoms with E-state index in [1.165, 1.54) is 54.6 Å². The largest absolute Gasteiger partial charge is 0.277 e. The second-order valence-corrected chi connectivity index (χ2v) is 9.27. The van der Waals surface area contributed by atoms with Gasteiger partial charge in [-0.1, -0.05) is 54.6 Å². The number of hydrogen-bond donors (Lipinski definition) is 0. The van der Waals surface area contributed by atoms with Crippen molar-refractivity contribution in [2.45, 2.75) is 9.79 Å². The molecule has 0 aromatic heterocycles. The molecule has 0 aliphatic carbocycles. The summed E-state index contributed by atoms with van der Waals surface area (Å²) in [5, 5.41) is 0. The van der Waals surface area contributed by atoms with E-state index in [1.807, 2.05) is 0 Å². The van der Waals surface area contributed by atoms with E-state index >= 15 is 0 Å². The Kier molecular flexibility index (Phi) is 4.84. The molecule has 0 heterocycles. The van der Waals surface area contributed by atoms with E-state index in [0.717, 1.165) is 0 Å². The molecule has 3 aromatic carbocycles. The van der Waals surface area contributed by atoms with Gasteiger partial charge in [-0.25, -0.2) is 16.8 Å². The van der Waals surface area contributed by atoms with Gasteiger partial charge in [0.05, 0.1) is 15.5 Å². The first-order chi connectivity index (χ1) is 12.3. The summed E-state index contributed by atoms with van der Waals surface area (Å²) in [5.74, 6) is 0. The number of sulfonamides is 2. The molecule has 0 saturated carbocycles. The Balaban J connectivity index is 2.31. The van der Waals surface area contributed by atoms with Crippen LogP contribution in [-0.2, 0) is 20.0 Å². The molecule has 0 unspecified atom stereocenters. The van der Waals surface area contributed by atoms with Gasteiger partial charge in [-0.2, -0.15) is 3.71 Å². The Morgan fingerprint density at radius 1 is 0.577 bits per heavy atom. The minimum atomic E-state index is -4.38. The van der Waals surface area contributed by atoms with Crippen molar-refractivity contribution in [2.24, 2.45) is 0 Å². The summed E-state index contributed by atoms with van der Waals surface area (Å²) >= 11 is 0. The van der Waals surface area contributed by atoms with Crippen LogP contribution in [0.4, 0.5) is 5.69 Å². The SMILES string of the molecule is [CH2]c1ccccc1N(S(=O)(=O)c1ccccc1)S(=O)(=O)c1ccccc1. The maximum Gasteiger partial charge on any atom is 0.277 e. The summed E-state index contributed by atoms with van der Waals surface area (Å²) in [6.07, 6.45) is 0. The van der Waals surface area contributed by atoms with Gasteiger partial charge in [-0.05, 0) is 42.8 Å². The van der Waals surface area contributed by atoms with E-state index in [9.17, 15) is 16.8 Å². The van der Waals surface area contributed by atoms with Crippen LogP contribution < -0.4 is 3.71 Å². The predicted octanol–water partition coefficient (Wildman–Crippen LogP) is 3.45. The number of anilines is 1. The quantitative estimate of drug-likeness (QED) is 0.673. The fourth-order valence-electron chi connectivity index (χ4n) is 2.45. The number of rotatable bonds is 5. The van der Waals surface area contributed by atoms with Crippen LogP contribution in [0.15, 0.2) is 94.7 Å². The van der Waals surface area contributed by atoms with Crippen molar-refractivity contribution in [3.05, 3.63) is 97.4 Å². The molecular weight excluding hydrogens is 370 g/mol. The first-order valence-electron chi connectivity index (χ1n) is 7.67. The molecule has 3 rings (SSSR count). The summed E-state index contributed by atoms with van der Waals surface area (Å²) in [6, 6.07) is 21.1. The average molecular weight is 386 g/mol. The highest BCUT2D eigenvalue weighted by Crippen LogP contribution is 2.32. The molecule has 0 bridgehead atoms. The average Bonchev–Trinajstić information content (AvgIpc) is 2.65. The van der Waals surface area contributed by atoms with Gasteiger partial charge in [-0.15, -0.1) is 0 Å². The fraction of sp³-hybridized carbons (Fsp3) is 0. The van der Waals surface area contributed by atoms with Crippen LogP contribution in [0.1, 0.15) is 5.56 Å². The van der Waals surface area contributed by atoms with Crippen molar-refractivity contribution < 1.29 is 16.8 Å². The van der Waals surface area contributed by atoms with E-state index in [0.29, 0.717) is 3.71 Å². The van der Waals surface area contributed by atoms with Gasteiger partial charge in [0.1, 0.15) is 0 Å². The van der Waals surface area contributed by atoms with E-state index in [1.54, 1.807) is 30.3 Å². The zero-order valence-corrected chi connectivity index (χ0v) is 15.3. The third-order valence-electron chi connectivity index (χ3n) is 3.71. The third-order valence-corrected chi connectivity index (χ3v) is 7.89. The molecule has 0 saturated heterocycles. The van der Waals surface area contributed by atoms with Crippen LogP contribution in [0, 0.1) is 6.92 Å². The van der Waals surface area contributed by atoms with Crippen LogP contribution in [0.2, 0.25) is 0 Å². The second-order valence-electron chi connectivity index (χ2n) is 5.46. The molecule has 3 aromatic rings. The van der Waals surface area contributed by atoms with E-state index in [4.69, 9.17) is 0 Å². The molecule has 133 valence electrons. The van der Waals surface area contributed by atoms with E-state index in [2.05, 4.69) is 6.92 Å². The standard InChI is InChI=1S/C19H16NO4S2/c1-16-10-8-9-15-19(16)20(25(21,22)17-11-4-2-5-12-17)26(23,24)18-13-6-3-7-14-18/h2-15H,1H2. The Labute approximate surface area is 153 Å². The Hall–Kier alpha value is -2.64. The molecule has 7 heteroatoms. The maximum absolute atomic E-state index is 13.2. The zero-order valence-electron chi connectivity index (χ0n) is 13.7. The lowest BCUT2D eigenvalue weighted by molar-refractivity contribution is 0.584. The van der Waals surface area contributed by atoms with Crippen molar-refractivity contribution >= 4 is 25.7 Å². The Morgan fingerprint density at radius 2 is 0.962 bits per heavy atom. The lowest BCUT2D eigenvalue weighted by atomic mass is 10.2. The molecule has 0 amide bonds. The lowest BCUT2D eigenvalue weighted by Crippen LogP contribution is -2.37. The monoisotopic (exact) mass is 386 g/mol. The minimum absolute atomic E-state index is 0.0137. The molecule has 0 N–H and O–H groups in total. The first kappa shape index (κ1) is 18.2. The van der Waals surface area contributed by atoms with Gasteiger partial charge >= 0.3 is 0 Å². The fourth-order valence-corrected chi connectivity index (χ4v) is 6.26. The number of benzene rings is 3. The van der Waals surface area contributed by atoms with Crippen molar-refractivity contribution in [2.75, 3.05) is 3.71 Å². The number of hydrogen-bond acceptors (Lipinski definition) is 4. The number of nitrogens with zero attached hydrogens (tertiary/aromatic N) is 1. The summed E-state index contributed by atoms with van der Waals surface area (Å²) < 4.78 is 53.3. The molecule has 0 aliphatic rings. The topological polar surface area (TPSA) is 71.5 Å². The first-order valence-corrected chi connectivity index (χ1v) is 10.5. The van der Waals surface area contributed by atoms with E-state index in [-0.39, 0.29) is 21.0 Å². The molecule has 0 atom stereocenters. The van der Waals surface area contributed by atoms with Gasteiger partial charge < -0.3 is 0 Å². The normalized spacial score (nSPS) is 11.9. The van der Waals surface area contributed by atoms with Crippen LogP contribution in [0.3, 0.4) is 0 Å². The molecule has 1 radical (unpaired) electrons. The summed E-state index contributed by atoms with van der Waals surface area (Å²) in [5.41, 5.74) is 0.270. The molecule has 0 aliphatic heterocycles. The van der Waals surface area contributed by atoms with Crippen LogP contribution in [-0.4, -0.2) is 16.8 Å². The van der Waals surface area contributed by atoms with Crippen molar-refractivity contribution in [1.82, 2.24) is 0 Å². The van der Waals surface area contributed by atoms with Crippen molar-refractivity contribution in [1.29, 1.82) is 0 Å². The Morgan fingerprint density at radius 3 is 1.38 bits per heavy atom. The van der Waals surface area contributed by atoms with Crippen molar-refractivity contribution in [3.63, 3.8) is 0 Å². The highest BCUT2D eigenvalue weighted by molar-refractivity contribution is 8.10. The molecule has 0 fully saturated rings. The van der Waals surface area contributed by atoms with Crippen LogP contribution in [0.5, 0.6) is 0 Å². The minimum Gasteiger partial charge on any atom is -0.200 e. The smallest absolute Gasteiger partial charge is 0.200 e. The van der Waals surface area contributed by atoms with Gasteiger partial charge in [0.15, 0.2) is 0 Å². The van der Waals surface area contributed by atoms with E-state index < -0.39 is 20.0 Å². The molecule has 5 nitrogen and oxygen atoms in total. The maximum atomic E-state index is 13.2. The lowest BCUT2D eigenvalue weighted by Gasteiger charge is -2.25. The Bertz CT molecular complexity index is 1040. The molecule has 26 heavy (non-hydrogen) atoms. The summed E-state index contributed by atoms with van der Waals surface area (Å²) in [6.45, 7) is 3.79. The van der Waals surface area contributed by atoms with Gasteiger partial charge in [0.2, 0.25) is 0 Å². The second kappa shape index (κ2) is 6.93. The molecular formula is C19H16NO4S2. The van der Waals surface area contributed by atoms with Gasteiger partial charge in [0, 0.05) is 0 Å². The number of para-hydroxylation sites is 1. The van der Waals surface area contributed by atoms with Gasteiger partial charge in [-0.3, -0.25) is 0 Å². The zero-order chi connectivity index (χ0) is 18.8. The summed E-state index contributed by atoms with van der Waals surface area (Å²) in [7, 11) is -8.75. The van der Waals surface area contributed by atoms with Crippen molar-refractivity contribution in [3.8, 4) is 0 Å². The summed E-state index contributed by atoms with van der Waals surface area (Å²) in [4.78, 5) is -0.245. The highest BCUT2D eigenvalue weighted by Gasteiger charge is 2.37. The third kappa shape index (κ3) is 3.23. The predicted molar refractivity (Wildman–Crippen MR) is 101 cm³/mol. The highest BCUT2D eigenvalue weighted by atomic mass is 32.3. The molecule has 0 spiro atoms. The van der Waals surface area contributed by atoms with Crippen LogP contribution >= 0.6 is 0 Å². The van der Waals surface area contributed by atoms with Gasteiger partial charge in [0.25, 0.3) is 20.0 Å². The van der Waals surface area contributed by atoms with Crippen LogP contribution in [0.25, 0.3) is 0 Å².